The van der Waals surface area contributed by atoms with E-state index in [0.29, 0.717) is 12.2 Å². The summed E-state index contributed by atoms with van der Waals surface area (Å²) < 4.78 is 14.2. The lowest BCUT2D eigenvalue weighted by Gasteiger charge is -2.31. The summed E-state index contributed by atoms with van der Waals surface area (Å²) >= 11 is 0. The predicted molar refractivity (Wildman–Crippen MR) is 135 cm³/mol. The van der Waals surface area contributed by atoms with Crippen molar-refractivity contribution in [3.05, 3.63) is 83.3 Å². The first kappa shape index (κ1) is 22.7. The molecule has 0 spiro atoms. The molecule has 0 amide bonds. The van der Waals surface area contributed by atoms with Crippen LogP contribution in [0.4, 0.5) is 0 Å². The van der Waals surface area contributed by atoms with Crippen LogP contribution in [0.1, 0.15) is 57.4 Å². The van der Waals surface area contributed by atoms with Crippen molar-refractivity contribution in [3.8, 4) is 0 Å². The first-order valence-electron chi connectivity index (χ1n) is 11.9. The molecule has 2 nitrogen and oxygen atoms in total. The smallest absolute Gasteiger partial charge is 0.136 e. The van der Waals surface area contributed by atoms with E-state index in [2.05, 4.69) is 43.3 Å². The van der Waals surface area contributed by atoms with Gasteiger partial charge in [-0.15, -0.1) is 0 Å². The third-order valence-corrected chi connectivity index (χ3v) is 8.20. The summed E-state index contributed by atoms with van der Waals surface area (Å²) in [6, 6.07) is 24.3. The first-order chi connectivity index (χ1) is 15.7. The average Bonchev–Trinajstić information content (AvgIpc) is 2.84. The largest absolute Gasteiger partial charge is 0.299 e. The van der Waals surface area contributed by atoms with E-state index in [1.165, 1.54) is 0 Å². The van der Waals surface area contributed by atoms with Gasteiger partial charge in [0.2, 0.25) is 0 Å². The van der Waals surface area contributed by atoms with E-state index in [1.54, 1.807) is 0 Å². The van der Waals surface area contributed by atoms with Crippen molar-refractivity contribution in [2.75, 3.05) is 0 Å². The van der Waals surface area contributed by atoms with E-state index in [9.17, 15) is 9.00 Å². The monoisotopic (exact) mass is 444 g/mol. The first-order valence-corrected chi connectivity index (χ1v) is 13.0. The average molecular weight is 445 g/mol. The van der Waals surface area contributed by atoms with Crippen LogP contribution in [0.25, 0.3) is 16.8 Å². The highest BCUT2D eigenvalue weighted by molar-refractivity contribution is 7.89. The molecule has 0 saturated heterocycles. The van der Waals surface area contributed by atoms with Crippen LogP contribution in [0.15, 0.2) is 82.6 Å². The molecular formula is C29H32O2S. The Bertz CT molecular complexity index is 1110. The van der Waals surface area contributed by atoms with Crippen LogP contribution < -0.4 is 0 Å². The number of hydrogen-bond donors (Lipinski definition) is 0. The van der Waals surface area contributed by atoms with E-state index < -0.39 is 10.8 Å². The number of Topliss-reactive ketones (excluding diaryl/α,β-unsaturated/α-hetero) is 1. The Morgan fingerprint density at radius 1 is 1.00 bits per heavy atom. The fourth-order valence-electron chi connectivity index (χ4n) is 4.90. The van der Waals surface area contributed by atoms with Crippen LogP contribution in [-0.4, -0.2) is 9.99 Å². The standard InChI is InChI=1S/C29H32O2S/c1-2-3-16-26(25-18-9-10-19-27(25)30)29(21-22-12-5-4-6-13-22)32(31)28-20-11-15-23-14-7-8-17-24(23)28/h4-8,11-15,17,20-21,25-26H,2-3,9-10,16,18-19H2,1H3/b29-21-/t25-,26+,32-/m0/s1. The number of unbranched alkanes of at least 4 members (excludes halogenated alkanes) is 1. The third-order valence-electron chi connectivity index (χ3n) is 6.59. The van der Waals surface area contributed by atoms with Gasteiger partial charge in [0, 0.05) is 23.2 Å². The maximum atomic E-state index is 14.2. The number of benzene rings is 3. The van der Waals surface area contributed by atoms with Gasteiger partial charge in [-0.05, 0) is 47.7 Å². The lowest BCUT2D eigenvalue weighted by Crippen LogP contribution is -2.29. The van der Waals surface area contributed by atoms with Crippen molar-refractivity contribution in [2.24, 2.45) is 11.8 Å². The van der Waals surface area contributed by atoms with Crippen LogP contribution in [0, 0.1) is 11.8 Å². The van der Waals surface area contributed by atoms with E-state index in [4.69, 9.17) is 0 Å². The Morgan fingerprint density at radius 3 is 2.53 bits per heavy atom. The molecule has 0 aromatic heterocycles. The maximum Gasteiger partial charge on any atom is 0.136 e. The lowest BCUT2D eigenvalue weighted by atomic mass is 9.76. The van der Waals surface area contributed by atoms with Crippen molar-refractivity contribution < 1.29 is 9.00 Å². The van der Waals surface area contributed by atoms with Gasteiger partial charge in [0.05, 0.1) is 15.7 Å². The van der Waals surface area contributed by atoms with Crippen molar-refractivity contribution in [1.29, 1.82) is 0 Å². The Kier molecular flexibility index (Phi) is 7.70. The number of carbonyl (C=O) groups is 1. The summed E-state index contributed by atoms with van der Waals surface area (Å²) in [6.45, 7) is 2.18. The minimum absolute atomic E-state index is 0.0164. The molecule has 0 heterocycles. The van der Waals surface area contributed by atoms with Gasteiger partial charge in [-0.3, -0.25) is 4.79 Å². The fraction of sp³-hybridized carbons (Fsp3) is 0.345. The van der Waals surface area contributed by atoms with Crippen LogP contribution in [0.3, 0.4) is 0 Å². The zero-order valence-electron chi connectivity index (χ0n) is 18.8. The third kappa shape index (κ3) is 5.10. The number of hydrogen-bond acceptors (Lipinski definition) is 2. The van der Waals surface area contributed by atoms with E-state index in [0.717, 1.165) is 64.7 Å². The molecule has 3 atom stereocenters. The highest BCUT2D eigenvalue weighted by Gasteiger charge is 2.34. The molecule has 3 aromatic rings. The Labute approximate surface area is 194 Å². The van der Waals surface area contributed by atoms with Gasteiger partial charge < -0.3 is 0 Å². The quantitative estimate of drug-likeness (QED) is 0.359. The zero-order chi connectivity index (χ0) is 22.3. The molecule has 1 fully saturated rings. The van der Waals surface area contributed by atoms with Gasteiger partial charge >= 0.3 is 0 Å². The zero-order valence-corrected chi connectivity index (χ0v) is 19.7. The van der Waals surface area contributed by atoms with Crippen LogP contribution in [0.5, 0.6) is 0 Å². The normalized spacial score (nSPS) is 19.1. The van der Waals surface area contributed by atoms with E-state index >= 15 is 0 Å². The molecule has 0 unspecified atom stereocenters. The van der Waals surface area contributed by atoms with Crippen molar-refractivity contribution in [3.63, 3.8) is 0 Å². The summed E-state index contributed by atoms with van der Waals surface area (Å²) in [5.41, 5.74) is 1.04. The molecule has 32 heavy (non-hydrogen) atoms. The second kappa shape index (κ2) is 10.9. The number of allylic oxidation sites excluding steroid dienone is 1. The summed E-state index contributed by atoms with van der Waals surface area (Å²) in [5, 5.41) is 2.12. The van der Waals surface area contributed by atoms with Crippen molar-refractivity contribution in [1.82, 2.24) is 0 Å². The van der Waals surface area contributed by atoms with Gasteiger partial charge in [0.15, 0.2) is 0 Å². The van der Waals surface area contributed by atoms with Crippen LogP contribution >= 0.6 is 0 Å². The number of ketones is 1. The fourth-order valence-corrected chi connectivity index (χ4v) is 6.54. The molecule has 0 radical (unpaired) electrons. The molecular weight excluding hydrogens is 412 g/mol. The van der Waals surface area contributed by atoms with Gasteiger partial charge in [-0.25, -0.2) is 4.21 Å². The highest BCUT2D eigenvalue weighted by Crippen LogP contribution is 2.39. The van der Waals surface area contributed by atoms with Crippen molar-refractivity contribution >= 4 is 33.4 Å². The second-order valence-corrected chi connectivity index (χ2v) is 10.2. The van der Waals surface area contributed by atoms with Crippen molar-refractivity contribution in [2.45, 2.75) is 56.8 Å². The highest BCUT2D eigenvalue weighted by atomic mass is 32.2. The Morgan fingerprint density at radius 2 is 1.75 bits per heavy atom. The number of rotatable bonds is 8. The van der Waals surface area contributed by atoms with Gasteiger partial charge in [-0.1, -0.05) is 92.9 Å². The minimum atomic E-state index is -1.34. The molecule has 3 heteroatoms. The van der Waals surface area contributed by atoms with Gasteiger partial charge in [0.1, 0.15) is 5.78 Å². The summed E-state index contributed by atoms with van der Waals surface area (Å²) in [6.07, 6.45) is 8.74. The maximum absolute atomic E-state index is 14.2. The number of carbonyl (C=O) groups excluding carboxylic acids is 1. The molecule has 1 saturated carbocycles. The Hall–Kier alpha value is -2.52. The summed E-state index contributed by atoms with van der Waals surface area (Å²) in [7, 11) is -1.34. The SMILES string of the molecule is CCCC[C@@H](/C(=C/c1ccccc1)[S@@](=O)c1cccc2ccccc12)[C@@H]1CCCCC1=O. The predicted octanol–water partition coefficient (Wildman–Crippen LogP) is 7.55. The van der Waals surface area contributed by atoms with Gasteiger partial charge in [-0.2, -0.15) is 0 Å². The minimum Gasteiger partial charge on any atom is -0.299 e. The molecule has 0 bridgehead atoms. The summed E-state index contributed by atoms with van der Waals surface area (Å²) in [4.78, 5) is 14.7. The molecule has 1 aliphatic carbocycles. The van der Waals surface area contributed by atoms with Crippen LogP contribution in [0.2, 0.25) is 0 Å². The molecule has 3 aromatic carbocycles. The van der Waals surface area contributed by atoms with E-state index in [-0.39, 0.29) is 11.8 Å². The van der Waals surface area contributed by atoms with Gasteiger partial charge in [0.25, 0.3) is 0 Å². The second-order valence-electron chi connectivity index (χ2n) is 8.77. The van der Waals surface area contributed by atoms with Crippen LogP contribution in [-0.2, 0) is 15.6 Å². The lowest BCUT2D eigenvalue weighted by molar-refractivity contribution is -0.125. The Balaban J connectivity index is 1.84. The summed E-state index contributed by atoms with van der Waals surface area (Å²) in [5.74, 6) is 0.346. The molecule has 0 N–H and O–H groups in total. The molecule has 166 valence electrons. The molecule has 0 aliphatic heterocycles. The molecule has 1 aliphatic rings. The van der Waals surface area contributed by atoms with E-state index in [1.807, 2.05) is 42.5 Å². The number of fused-ring (bicyclic) bond motifs is 1. The molecule has 4 rings (SSSR count). The topological polar surface area (TPSA) is 34.1 Å².